The largest absolute Gasteiger partial charge is 0.383 e. The summed E-state index contributed by atoms with van der Waals surface area (Å²) in [5, 5.41) is 0. The summed E-state index contributed by atoms with van der Waals surface area (Å²) in [6.07, 6.45) is 2.38. The molecule has 1 unspecified atom stereocenters. The second kappa shape index (κ2) is 8.01. The maximum Gasteiger partial charge on any atom is 0.0615 e. The Morgan fingerprint density at radius 2 is 2.06 bits per heavy atom. The molecule has 1 saturated heterocycles. The van der Waals surface area contributed by atoms with Gasteiger partial charge in [-0.15, -0.1) is 0 Å². The van der Waals surface area contributed by atoms with E-state index in [9.17, 15) is 0 Å². The van der Waals surface area contributed by atoms with Gasteiger partial charge in [0.05, 0.1) is 6.61 Å². The lowest BCUT2D eigenvalue weighted by Crippen LogP contribution is -2.39. The maximum absolute atomic E-state index is 5.55. The zero-order valence-electron chi connectivity index (χ0n) is 10.8. The smallest absolute Gasteiger partial charge is 0.0615 e. The molecule has 16 heavy (non-hydrogen) atoms. The van der Waals surface area contributed by atoms with Crippen molar-refractivity contribution in [3.63, 3.8) is 0 Å². The summed E-state index contributed by atoms with van der Waals surface area (Å²) in [5.74, 6) is 0. The molecule has 0 amide bonds. The van der Waals surface area contributed by atoms with Crippen LogP contribution < -0.4 is 5.73 Å². The molecule has 4 heteroatoms. The van der Waals surface area contributed by atoms with Gasteiger partial charge in [0.2, 0.25) is 0 Å². The predicted molar refractivity (Wildman–Crippen MR) is 67.6 cm³/mol. The molecule has 1 rings (SSSR count). The number of ether oxygens (including phenoxy) is 1. The number of rotatable bonds is 6. The van der Waals surface area contributed by atoms with Crippen LogP contribution in [0.2, 0.25) is 0 Å². The molecule has 4 nitrogen and oxygen atoms in total. The van der Waals surface area contributed by atoms with Gasteiger partial charge in [0, 0.05) is 26.2 Å². The summed E-state index contributed by atoms with van der Waals surface area (Å²) >= 11 is 0. The summed E-state index contributed by atoms with van der Waals surface area (Å²) < 4.78 is 5.22. The van der Waals surface area contributed by atoms with Crippen molar-refractivity contribution in [2.45, 2.75) is 25.8 Å². The highest BCUT2D eigenvalue weighted by Gasteiger charge is 2.18. The number of nitrogens with zero attached hydrogens (tertiary/aromatic N) is 2. The first kappa shape index (κ1) is 13.9. The molecule has 0 radical (unpaired) electrons. The minimum atomic E-state index is 0.541. The van der Waals surface area contributed by atoms with E-state index in [1.807, 2.05) is 0 Å². The molecule has 1 aliphatic heterocycles. The molecule has 1 heterocycles. The third-order valence-corrected chi connectivity index (χ3v) is 3.33. The Balaban J connectivity index is 2.28. The average Bonchev–Trinajstić information content (AvgIpc) is 2.52. The van der Waals surface area contributed by atoms with Gasteiger partial charge in [0.15, 0.2) is 0 Å². The molecule has 0 aromatic carbocycles. The van der Waals surface area contributed by atoms with Gasteiger partial charge in [-0.3, -0.25) is 4.90 Å². The van der Waals surface area contributed by atoms with Crippen LogP contribution in [0.15, 0.2) is 0 Å². The number of nitrogens with two attached hydrogens (primary N) is 1. The molecular weight excluding hydrogens is 202 g/mol. The standard InChI is InChI=1S/C12H27N3O/c1-12(11-16-2)15-8-4-7-14(9-10-15)6-3-5-13/h12H,3-11,13H2,1-2H3. The van der Waals surface area contributed by atoms with Gasteiger partial charge in [0.25, 0.3) is 0 Å². The molecule has 1 aliphatic rings. The zero-order chi connectivity index (χ0) is 11.8. The maximum atomic E-state index is 5.55. The summed E-state index contributed by atoms with van der Waals surface area (Å²) in [7, 11) is 1.78. The van der Waals surface area contributed by atoms with Gasteiger partial charge in [-0.25, -0.2) is 0 Å². The lowest BCUT2D eigenvalue weighted by molar-refractivity contribution is 0.101. The summed E-state index contributed by atoms with van der Waals surface area (Å²) in [5.41, 5.74) is 5.55. The second-order valence-corrected chi connectivity index (χ2v) is 4.68. The van der Waals surface area contributed by atoms with E-state index in [1.54, 1.807) is 7.11 Å². The molecule has 0 aromatic heterocycles. The molecule has 0 saturated carbocycles. The monoisotopic (exact) mass is 229 g/mol. The summed E-state index contributed by atoms with van der Waals surface area (Å²) in [6, 6.07) is 0.541. The van der Waals surface area contributed by atoms with Crippen molar-refractivity contribution in [1.29, 1.82) is 0 Å². The molecule has 1 atom stereocenters. The van der Waals surface area contributed by atoms with E-state index in [-0.39, 0.29) is 0 Å². The van der Waals surface area contributed by atoms with E-state index in [2.05, 4.69) is 16.7 Å². The van der Waals surface area contributed by atoms with Crippen LogP contribution in [0.3, 0.4) is 0 Å². The van der Waals surface area contributed by atoms with Crippen molar-refractivity contribution in [3.8, 4) is 0 Å². The fourth-order valence-electron chi connectivity index (χ4n) is 2.32. The fourth-order valence-corrected chi connectivity index (χ4v) is 2.32. The Kier molecular flexibility index (Phi) is 6.96. The minimum absolute atomic E-state index is 0.541. The summed E-state index contributed by atoms with van der Waals surface area (Å²) in [4.78, 5) is 5.07. The second-order valence-electron chi connectivity index (χ2n) is 4.68. The van der Waals surface area contributed by atoms with Gasteiger partial charge in [-0.05, 0) is 45.9 Å². The van der Waals surface area contributed by atoms with Crippen LogP contribution in [-0.2, 0) is 4.74 Å². The SMILES string of the molecule is COCC(C)N1CCCN(CCCN)CC1. The fraction of sp³-hybridized carbons (Fsp3) is 1.00. The number of hydrogen-bond donors (Lipinski definition) is 1. The number of methoxy groups -OCH3 is 1. The Labute approximate surface area is 99.7 Å². The molecule has 0 bridgehead atoms. The minimum Gasteiger partial charge on any atom is -0.383 e. The molecule has 0 aliphatic carbocycles. The van der Waals surface area contributed by atoms with Gasteiger partial charge < -0.3 is 15.4 Å². The van der Waals surface area contributed by atoms with Crippen molar-refractivity contribution in [2.24, 2.45) is 5.73 Å². The zero-order valence-corrected chi connectivity index (χ0v) is 10.8. The molecule has 0 spiro atoms. The topological polar surface area (TPSA) is 41.7 Å². The van der Waals surface area contributed by atoms with Crippen molar-refractivity contribution in [3.05, 3.63) is 0 Å². The third kappa shape index (κ3) is 4.78. The van der Waals surface area contributed by atoms with Gasteiger partial charge >= 0.3 is 0 Å². The highest BCUT2D eigenvalue weighted by molar-refractivity contribution is 4.74. The van der Waals surface area contributed by atoms with Crippen molar-refractivity contribution in [2.75, 3.05) is 53.0 Å². The average molecular weight is 229 g/mol. The highest BCUT2D eigenvalue weighted by atomic mass is 16.5. The van der Waals surface area contributed by atoms with Gasteiger partial charge in [-0.1, -0.05) is 0 Å². The molecular formula is C12H27N3O. The van der Waals surface area contributed by atoms with Crippen LogP contribution >= 0.6 is 0 Å². The Hall–Kier alpha value is -0.160. The van der Waals surface area contributed by atoms with E-state index < -0.39 is 0 Å². The quantitative estimate of drug-likeness (QED) is 0.715. The van der Waals surface area contributed by atoms with Crippen molar-refractivity contribution < 1.29 is 4.74 Å². The van der Waals surface area contributed by atoms with Gasteiger partial charge in [-0.2, -0.15) is 0 Å². The molecule has 1 fully saturated rings. The van der Waals surface area contributed by atoms with E-state index in [1.165, 1.54) is 26.1 Å². The molecule has 96 valence electrons. The van der Waals surface area contributed by atoms with E-state index in [4.69, 9.17) is 10.5 Å². The van der Waals surface area contributed by atoms with Crippen LogP contribution in [0.4, 0.5) is 0 Å². The Morgan fingerprint density at radius 3 is 2.75 bits per heavy atom. The van der Waals surface area contributed by atoms with Crippen LogP contribution in [-0.4, -0.2) is 68.8 Å². The Bertz CT molecular complexity index is 178. The first-order chi connectivity index (χ1) is 7.77. The molecule has 0 aromatic rings. The Morgan fingerprint density at radius 1 is 1.25 bits per heavy atom. The lowest BCUT2D eigenvalue weighted by Gasteiger charge is -2.27. The van der Waals surface area contributed by atoms with E-state index >= 15 is 0 Å². The van der Waals surface area contributed by atoms with Crippen molar-refractivity contribution >= 4 is 0 Å². The van der Waals surface area contributed by atoms with Gasteiger partial charge in [0.1, 0.15) is 0 Å². The highest BCUT2D eigenvalue weighted by Crippen LogP contribution is 2.07. The first-order valence-electron chi connectivity index (χ1n) is 6.43. The van der Waals surface area contributed by atoms with Crippen LogP contribution in [0.5, 0.6) is 0 Å². The normalized spacial score (nSPS) is 21.9. The summed E-state index contributed by atoms with van der Waals surface area (Å²) in [6.45, 7) is 9.80. The van der Waals surface area contributed by atoms with Crippen LogP contribution in [0.1, 0.15) is 19.8 Å². The van der Waals surface area contributed by atoms with Crippen molar-refractivity contribution in [1.82, 2.24) is 9.80 Å². The lowest BCUT2D eigenvalue weighted by atomic mass is 10.3. The van der Waals surface area contributed by atoms with E-state index in [0.29, 0.717) is 6.04 Å². The first-order valence-corrected chi connectivity index (χ1v) is 6.43. The predicted octanol–water partition coefficient (Wildman–Crippen LogP) is 0.378. The number of hydrogen-bond acceptors (Lipinski definition) is 4. The van der Waals surface area contributed by atoms with E-state index in [0.717, 1.165) is 32.7 Å². The van der Waals surface area contributed by atoms with Crippen LogP contribution in [0.25, 0.3) is 0 Å². The molecule has 2 N–H and O–H groups in total. The van der Waals surface area contributed by atoms with Crippen LogP contribution in [0, 0.1) is 0 Å². The third-order valence-electron chi connectivity index (χ3n) is 3.33.